The predicted octanol–water partition coefficient (Wildman–Crippen LogP) is 2.54. The summed E-state index contributed by atoms with van der Waals surface area (Å²) in [5, 5.41) is 1.05. The van der Waals surface area contributed by atoms with Gasteiger partial charge in [-0.3, -0.25) is 4.79 Å². The number of aromatic amines is 1. The first-order valence-corrected chi connectivity index (χ1v) is 7.24. The van der Waals surface area contributed by atoms with Gasteiger partial charge in [0, 0.05) is 22.3 Å². The quantitative estimate of drug-likeness (QED) is 0.788. The Morgan fingerprint density at radius 2 is 1.77 bits per heavy atom. The minimum absolute atomic E-state index is 0.101. The Kier molecular flexibility index (Phi) is 3.48. The third-order valence-electron chi connectivity index (χ3n) is 3.86. The molecule has 0 aliphatic carbocycles. The maximum absolute atomic E-state index is 11.8. The number of rotatable bonds is 2. The lowest BCUT2D eigenvalue weighted by molar-refractivity contribution is 0.856. The van der Waals surface area contributed by atoms with Gasteiger partial charge in [0.05, 0.1) is 11.9 Å². The number of H-pyrrole nitrogens is 1. The standard InChI is InChI=1S/C17H18N4O/c1-9-5-6-13-12(4)19-15(20-14(13)7-9)8-16-18-11(3)10(2)17(22)21-16/h5-7H,8H2,1-4H3,(H,18,21,22). The zero-order chi connectivity index (χ0) is 15.9. The van der Waals surface area contributed by atoms with Crippen LogP contribution in [-0.2, 0) is 6.42 Å². The van der Waals surface area contributed by atoms with Crippen molar-refractivity contribution in [2.75, 3.05) is 0 Å². The summed E-state index contributed by atoms with van der Waals surface area (Å²) in [4.78, 5) is 28.2. The number of aryl methyl sites for hydroxylation is 3. The molecule has 0 saturated heterocycles. The van der Waals surface area contributed by atoms with Gasteiger partial charge in [-0.25, -0.2) is 15.0 Å². The molecule has 0 saturated carbocycles. The molecule has 2 heterocycles. The van der Waals surface area contributed by atoms with Crippen molar-refractivity contribution >= 4 is 10.9 Å². The Balaban J connectivity index is 2.06. The molecule has 1 aromatic carbocycles. The molecule has 0 fully saturated rings. The first-order valence-electron chi connectivity index (χ1n) is 7.24. The van der Waals surface area contributed by atoms with Crippen molar-refractivity contribution in [2.45, 2.75) is 34.1 Å². The summed E-state index contributed by atoms with van der Waals surface area (Å²) in [5.74, 6) is 1.27. The van der Waals surface area contributed by atoms with Crippen molar-refractivity contribution in [1.82, 2.24) is 19.9 Å². The number of benzene rings is 1. The lowest BCUT2D eigenvalue weighted by Crippen LogP contribution is -2.17. The molecule has 0 aliphatic rings. The average molecular weight is 294 g/mol. The van der Waals surface area contributed by atoms with Crippen LogP contribution in [0.15, 0.2) is 23.0 Å². The summed E-state index contributed by atoms with van der Waals surface area (Å²) < 4.78 is 0. The van der Waals surface area contributed by atoms with Crippen molar-refractivity contribution in [3.05, 3.63) is 62.7 Å². The molecule has 0 unspecified atom stereocenters. The molecular weight excluding hydrogens is 276 g/mol. The fourth-order valence-corrected chi connectivity index (χ4v) is 2.47. The van der Waals surface area contributed by atoms with Crippen molar-refractivity contribution < 1.29 is 0 Å². The van der Waals surface area contributed by atoms with Crippen LogP contribution in [0.25, 0.3) is 10.9 Å². The lowest BCUT2D eigenvalue weighted by Gasteiger charge is -2.07. The molecule has 0 bridgehead atoms. The highest BCUT2D eigenvalue weighted by Gasteiger charge is 2.09. The number of hydrogen-bond donors (Lipinski definition) is 1. The zero-order valence-electron chi connectivity index (χ0n) is 13.2. The maximum atomic E-state index is 11.8. The van der Waals surface area contributed by atoms with Crippen LogP contribution in [0, 0.1) is 27.7 Å². The van der Waals surface area contributed by atoms with E-state index in [4.69, 9.17) is 0 Å². The Morgan fingerprint density at radius 1 is 1.00 bits per heavy atom. The van der Waals surface area contributed by atoms with Crippen LogP contribution in [0.2, 0.25) is 0 Å². The number of aromatic nitrogens is 4. The number of nitrogens with zero attached hydrogens (tertiary/aromatic N) is 3. The molecule has 3 rings (SSSR count). The molecule has 0 amide bonds. The van der Waals surface area contributed by atoms with Crippen LogP contribution in [0.5, 0.6) is 0 Å². The average Bonchev–Trinajstić information content (AvgIpc) is 2.44. The summed E-state index contributed by atoms with van der Waals surface area (Å²) in [6.45, 7) is 7.62. The van der Waals surface area contributed by atoms with Crippen LogP contribution in [0.4, 0.5) is 0 Å². The third-order valence-corrected chi connectivity index (χ3v) is 3.86. The van der Waals surface area contributed by atoms with Gasteiger partial charge in [0.2, 0.25) is 0 Å². The van der Waals surface area contributed by atoms with E-state index >= 15 is 0 Å². The molecule has 0 spiro atoms. The van der Waals surface area contributed by atoms with E-state index in [0.29, 0.717) is 23.6 Å². The Morgan fingerprint density at radius 3 is 2.50 bits per heavy atom. The normalized spacial score (nSPS) is 11.1. The summed E-state index contributed by atoms with van der Waals surface area (Å²) >= 11 is 0. The second-order valence-corrected chi connectivity index (χ2v) is 5.65. The molecule has 5 heteroatoms. The molecule has 5 nitrogen and oxygen atoms in total. The van der Waals surface area contributed by atoms with Gasteiger partial charge in [0.1, 0.15) is 11.6 Å². The summed E-state index contributed by atoms with van der Waals surface area (Å²) in [6, 6.07) is 6.14. The Bertz CT molecular complexity index is 928. The number of hydrogen-bond acceptors (Lipinski definition) is 4. The van der Waals surface area contributed by atoms with Gasteiger partial charge in [-0.1, -0.05) is 12.1 Å². The number of nitrogens with one attached hydrogen (secondary N) is 1. The minimum Gasteiger partial charge on any atom is -0.310 e. The molecule has 0 radical (unpaired) electrons. The third kappa shape index (κ3) is 2.62. The second-order valence-electron chi connectivity index (χ2n) is 5.65. The topological polar surface area (TPSA) is 71.5 Å². The van der Waals surface area contributed by atoms with E-state index in [1.165, 1.54) is 0 Å². The largest absolute Gasteiger partial charge is 0.310 e. The van der Waals surface area contributed by atoms with Crippen LogP contribution < -0.4 is 5.56 Å². The maximum Gasteiger partial charge on any atom is 0.254 e. The molecule has 1 N–H and O–H groups in total. The van der Waals surface area contributed by atoms with Crippen molar-refractivity contribution in [1.29, 1.82) is 0 Å². The van der Waals surface area contributed by atoms with Gasteiger partial charge in [0.15, 0.2) is 0 Å². The highest BCUT2D eigenvalue weighted by Crippen LogP contribution is 2.17. The minimum atomic E-state index is -0.101. The van der Waals surface area contributed by atoms with Gasteiger partial charge < -0.3 is 4.98 Å². The van der Waals surface area contributed by atoms with Gasteiger partial charge >= 0.3 is 0 Å². The van der Waals surface area contributed by atoms with Crippen molar-refractivity contribution in [3.8, 4) is 0 Å². The van der Waals surface area contributed by atoms with E-state index in [1.54, 1.807) is 6.92 Å². The number of fused-ring (bicyclic) bond motifs is 1. The predicted molar refractivity (Wildman–Crippen MR) is 86.1 cm³/mol. The van der Waals surface area contributed by atoms with E-state index in [2.05, 4.69) is 26.0 Å². The molecular formula is C17H18N4O. The van der Waals surface area contributed by atoms with Crippen molar-refractivity contribution in [3.63, 3.8) is 0 Å². The summed E-state index contributed by atoms with van der Waals surface area (Å²) in [6.07, 6.45) is 0.418. The molecule has 0 aliphatic heterocycles. The first kappa shape index (κ1) is 14.4. The fourth-order valence-electron chi connectivity index (χ4n) is 2.47. The monoisotopic (exact) mass is 294 g/mol. The highest BCUT2D eigenvalue weighted by molar-refractivity contribution is 5.81. The van der Waals surface area contributed by atoms with Gasteiger partial charge in [-0.2, -0.15) is 0 Å². The first-order chi connectivity index (χ1) is 10.4. The van der Waals surface area contributed by atoms with E-state index in [-0.39, 0.29) is 5.56 Å². The van der Waals surface area contributed by atoms with Gasteiger partial charge in [-0.05, 0) is 39.3 Å². The Labute approximate surface area is 128 Å². The molecule has 0 atom stereocenters. The van der Waals surface area contributed by atoms with E-state index in [1.807, 2.05) is 32.9 Å². The van der Waals surface area contributed by atoms with Crippen molar-refractivity contribution in [2.24, 2.45) is 0 Å². The van der Waals surface area contributed by atoms with Crippen LogP contribution in [-0.4, -0.2) is 19.9 Å². The zero-order valence-corrected chi connectivity index (χ0v) is 13.2. The summed E-state index contributed by atoms with van der Waals surface area (Å²) in [5.41, 5.74) is 4.31. The second kappa shape index (κ2) is 5.33. The summed E-state index contributed by atoms with van der Waals surface area (Å²) in [7, 11) is 0. The fraction of sp³-hybridized carbons (Fsp3) is 0.294. The molecule has 3 aromatic rings. The van der Waals surface area contributed by atoms with Gasteiger partial charge in [0.25, 0.3) is 5.56 Å². The van der Waals surface area contributed by atoms with Crippen LogP contribution in [0.3, 0.4) is 0 Å². The Hall–Kier alpha value is -2.56. The van der Waals surface area contributed by atoms with Gasteiger partial charge in [-0.15, -0.1) is 0 Å². The van der Waals surface area contributed by atoms with Crippen LogP contribution >= 0.6 is 0 Å². The van der Waals surface area contributed by atoms with E-state index in [0.717, 1.165) is 27.9 Å². The highest BCUT2D eigenvalue weighted by atomic mass is 16.1. The van der Waals surface area contributed by atoms with E-state index in [9.17, 15) is 4.79 Å². The SMILES string of the molecule is Cc1ccc2c(C)nc(Cc3nc(C)c(C)c(=O)[nH]3)nc2c1. The molecule has 112 valence electrons. The molecule has 22 heavy (non-hydrogen) atoms. The molecule has 2 aromatic heterocycles. The van der Waals surface area contributed by atoms with E-state index < -0.39 is 0 Å². The van der Waals surface area contributed by atoms with Crippen LogP contribution in [0.1, 0.15) is 34.2 Å². The smallest absolute Gasteiger partial charge is 0.254 e. The lowest BCUT2D eigenvalue weighted by atomic mass is 10.1.